The predicted molar refractivity (Wildman–Crippen MR) is 109 cm³/mol. The van der Waals surface area contributed by atoms with Crippen molar-refractivity contribution in [1.82, 2.24) is 0 Å². The Morgan fingerprint density at radius 1 is 0.931 bits per heavy atom. The number of para-hydroxylation sites is 1. The molecule has 3 aromatic carbocycles. The number of aliphatic carboxylic acids is 1. The van der Waals surface area contributed by atoms with Crippen LogP contribution in [-0.2, 0) is 17.8 Å². The van der Waals surface area contributed by atoms with Gasteiger partial charge in [-0.15, -0.1) is 0 Å². The molecule has 148 valence electrons. The molecule has 0 aliphatic heterocycles. The number of carboxylic acid groups (broad SMARTS) is 1. The zero-order valence-corrected chi connectivity index (χ0v) is 16.2. The van der Waals surface area contributed by atoms with E-state index in [4.69, 9.17) is 9.47 Å². The number of carbonyl (C=O) groups excluding carboxylic acids is 1. The van der Waals surface area contributed by atoms with E-state index in [1.54, 1.807) is 0 Å². The first-order valence-corrected chi connectivity index (χ1v) is 9.95. The van der Waals surface area contributed by atoms with E-state index >= 15 is 0 Å². The molecule has 4 nitrogen and oxygen atoms in total. The Kier molecular flexibility index (Phi) is 5.80. The predicted octanol–water partition coefficient (Wildman–Crippen LogP) is 4.62. The Hall–Kier alpha value is -3.27. The monoisotopic (exact) mass is 387 g/mol. The van der Waals surface area contributed by atoms with Crippen molar-refractivity contribution < 1.29 is 19.4 Å². The molecule has 0 radical (unpaired) electrons. The number of carboxylic acids is 1. The molecule has 1 atom stereocenters. The maximum Gasteiger partial charge on any atom is 0.127 e. The summed E-state index contributed by atoms with van der Waals surface area (Å²) in [6, 6.07) is 23.5. The van der Waals surface area contributed by atoms with Crippen LogP contribution in [0.15, 0.2) is 72.8 Å². The molecular weight excluding hydrogens is 364 g/mol. The second-order valence-corrected chi connectivity index (χ2v) is 7.38. The summed E-state index contributed by atoms with van der Waals surface area (Å²) in [7, 11) is 0. The summed E-state index contributed by atoms with van der Waals surface area (Å²) >= 11 is 0. The highest BCUT2D eigenvalue weighted by Crippen LogP contribution is 2.35. The maximum absolute atomic E-state index is 11.0. The van der Waals surface area contributed by atoms with Crippen molar-refractivity contribution in [2.45, 2.75) is 38.2 Å². The van der Waals surface area contributed by atoms with Crippen LogP contribution in [0.1, 0.15) is 41.9 Å². The van der Waals surface area contributed by atoms with Crippen LogP contribution in [0.4, 0.5) is 0 Å². The van der Waals surface area contributed by atoms with Gasteiger partial charge in [0, 0.05) is 5.97 Å². The second-order valence-electron chi connectivity index (χ2n) is 7.38. The third-order valence-corrected chi connectivity index (χ3v) is 5.25. The Bertz CT molecular complexity index is 981. The Morgan fingerprint density at radius 2 is 1.76 bits per heavy atom. The van der Waals surface area contributed by atoms with Gasteiger partial charge in [-0.25, -0.2) is 0 Å². The molecule has 0 heterocycles. The van der Waals surface area contributed by atoms with Crippen molar-refractivity contribution >= 4 is 5.97 Å². The lowest BCUT2D eigenvalue weighted by Crippen LogP contribution is -2.25. The topological polar surface area (TPSA) is 58.6 Å². The molecule has 0 fully saturated rings. The number of hydrogen-bond acceptors (Lipinski definition) is 4. The van der Waals surface area contributed by atoms with Gasteiger partial charge in [0.1, 0.15) is 23.9 Å². The van der Waals surface area contributed by atoms with E-state index < -0.39 is 5.97 Å². The average Bonchev–Trinajstić information content (AvgIpc) is 2.73. The van der Waals surface area contributed by atoms with Crippen molar-refractivity contribution in [3.8, 4) is 17.2 Å². The first-order chi connectivity index (χ1) is 14.2. The molecule has 4 rings (SSSR count). The summed E-state index contributed by atoms with van der Waals surface area (Å²) in [6.07, 6.45) is 2.93. The summed E-state index contributed by atoms with van der Waals surface area (Å²) in [6.45, 7) is 0.438. The third-order valence-electron chi connectivity index (χ3n) is 5.25. The molecule has 3 aromatic rings. The average molecular weight is 387 g/mol. The van der Waals surface area contributed by atoms with Crippen LogP contribution in [0, 0.1) is 0 Å². The van der Waals surface area contributed by atoms with Crippen molar-refractivity contribution in [2.24, 2.45) is 0 Å². The number of ether oxygens (including phenoxy) is 2. The molecular formula is C25H23O4-. The van der Waals surface area contributed by atoms with E-state index in [0.717, 1.165) is 47.6 Å². The normalized spacial score (nSPS) is 15.4. The smallest absolute Gasteiger partial charge is 0.127 e. The molecule has 1 aliphatic carbocycles. The van der Waals surface area contributed by atoms with E-state index in [1.165, 1.54) is 5.56 Å². The number of carbonyl (C=O) groups is 1. The van der Waals surface area contributed by atoms with Gasteiger partial charge < -0.3 is 19.4 Å². The molecule has 0 aromatic heterocycles. The SMILES string of the molecule is O=C([O-])CC1CCCc2cc(OCc3cccc(Oc4ccccc4)c3)ccc21. The summed E-state index contributed by atoms with van der Waals surface area (Å²) in [4.78, 5) is 11.0. The van der Waals surface area contributed by atoms with E-state index in [-0.39, 0.29) is 12.3 Å². The van der Waals surface area contributed by atoms with Gasteiger partial charge >= 0.3 is 0 Å². The molecule has 0 saturated heterocycles. The van der Waals surface area contributed by atoms with E-state index in [9.17, 15) is 9.90 Å². The van der Waals surface area contributed by atoms with Gasteiger partial charge in [-0.2, -0.15) is 0 Å². The summed E-state index contributed by atoms with van der Waals surface area (Å²) < 4.78 is 11.9. The van der Waals surface area contributed by atoms with E-state index in [2.05, 4.69) is 0 Å². The van der Waals surface area contributed by atoms with E-state index in [0.29, 0.717) is 6.61 Å². The largest absolute Gasteiger partial charge is 0.550 e. The highest BCUT2D eigenvalue weighted by Gasteiger charge is 2.20. The van der Waals surface area contributed by atoms with Gasteiger partial charge in [0.05, 0.1) is 0 Å². The number of fused-ring (bicyclic) bond motifs is 1. The molecule has 4 heteroatoms. The summed E-state index contributed by atoms with van der Waals surface area (Å²) in [5, 5.41) is 11.0. The minimum Gasteiger partial charge on any atom is -0.550 e. The van der Waals surface area contributed by atoms with Gasteiger partial charge in [0.25, 0.3) is 0 Å². The Labute approximate surface area is 170 Å². The molecule has 29 heavy (non-hydrogen) atoms. The lowest BCUT2D eigenvalue weighted by atomic mass is 9.81. The lowest BCUT2D eigenvalue weighted by Gasteiger charge is -2.26. The first-order valence-electron chi connectivity index (χ1n) is 9.95. The lowest BCUT2D eigenvalue weighted by molar-refractivity contribution is -0.306. The van der Waals surface area contributed by atoms with Gasteiger partial charge in [-0.05, 0) is 84.7 Å². The number of benzene rings is 3. The van der Waals surface area contributed by atoms with Gasteiger partial charge in [0.2, 0.25) is 0 Å². The fourth-order valence-corrected chi connectivity index (χ4v) is 3.88. The number of aryl methyl sites for hydroxylation is 1. The van der Waals surface area contributed by atoms with Gasteiger partial charge in [-0.3, -0.25) is 0 Å². The Balaban J connectivity index is 1.42. The molecule has 0 bridgehead atoms. The molecule has 0 spiro atoms. The zero-order valence-electron chi connectivity index (χ0n) is 16.2. The second kappa shape index (κ2) is 8.82. The molecule has 1 aliphatic rings. The minimum atomic E-state index is -0.985. The number of rotatable bonds is 7. The van der Waals surface area contributed by atoms with Crippen LogP contribution in [0.5, 0.6) is 17.2 Å². The molecule has 1 unspecified atom stereocenters. The van der Waals surface area contributed by atoms with Gasteiger partial charge in [-0.1, -0.05) is 36.4 Å². The van der Waals surface area contributed by atoms with Crippen molar-refractivity contribution in [3.63, 3.8) is 0 Å². The summed E-state index contributed by atoms with van der Waals surface area (Å²) in [5.74, 6) is 1.43. The molecule has 0 N–H and O–H groups in total. The quantitative estimate of drug-likeness (QED) is 0.594. The summed E-state index contributed by atoms with van der Waals surface area (Å²) in [5.41, 5.74) is 3.32. The van der Waals surface area contributed by atoms with Crippen LogP contribution < -0.4 is 14.6 Å². The fraction of sp³-hybridized carbons (Fsp3) is 0.240. The third kappa shape index (κ3) is 4.96. The molecule has 0 saturated carbocycles. The minimum absolute atomic E-state index is 0.0459. The zero-order chi connectivity index (χ0) is 20.1. The molecule has 0 amide bonds. The van der Waals surface area contributed by atoms with Crippen LogP contribution in [0.3, 0.4) is 0 Å². The highest BCUT2D eigenvalue weighted by molar-refractivity contribution is 5.66. The van der Waals surface area contributed by atoms with E-state index in [1.807, 2.05) is 72.8 Å². The van der Waals surface area contributed by atoms with Crippen LogP contribution in [0.25, 0.3) is 0 Å². The maximum atomic E-state index is 11.0. The standard InChI is InChI=1S/C25H24O4/c26-25(27)16-20-8-5-7-19-15-22(12-13-24(19)20)28-17-18-6-4-11-23(14-18)29-21-9-2-1-3-10-21/h1-4,6,9-15,20H,5,7-8,16-17H2,(H,26,27)/p-1. The van der Waals surface area contributed by atoms with Crippen LogP contribution in [0.2, 0.25) is 0 Å². The van der Waals surface area contributed by atoms with Crippen molar-refractivity contribution in [2.75, 3.05) is 0 Å². The first kappa shape index (κ1) is 19.1. The number of hydrogen-bond donors (Lipinski definition) is 0. The van der Waals surface area contributed by atoms with Crippen LogP contribution in [-0.4, -0.2) is 5.97 Å². The van der Waals surface area contributed by atoms with Crippen molar-refractivity contribution in [3.05, 3.63) is 89.5 Å². The van der Waals surface area contributed by atoms with Crippen LogP contribution >= 0.6 is 0 Å². The fourth-order valence-electron chi connectivity index (χ4n) is 3.88. The van der Waals surface area contributed by atoms with Gasteiger partial charge in [0.15, 0.2) is 0 Å². The Morgan fingerprint density at radius 3 is 2.59 bits per heavy atom. The van der Waals surface area contributed by atoms with Crippen molar-refractivity contribution in [1.29, 1.82) is 0 Å². The highest BCUT2D eigenvalue weighted by atomic mass is 16.5.